The van der Waals surface area contributed by atoms with Crippen LogP contribution in [0.15, 0.2) is 48.5 Å². The van der Waals surface area contributed by atoms with Gasteiger partial charge in [-0.2, -0.15) is 9.90 Å². The van der Waals surface area contributed by atoms with Crippen molar-refractivity contribution in [1.82, 2.24) is 25.0 Å². The van der Waals surface area contributed by atoms with Crippen molar-refractivity contribution in [2.24, 2.45) is 0 Å². The quantitative estimate of drug-likeness (QED) is 0.452. The zero-order valence-corrected chi connectivity index (χ0v) is 18.5. The van der Waals surface area contributed by atoms with Crippen molar-refractivity contribution >= 4 is 29.1 Å². The van der Waals surface area contributed by atoms with Crippen LogP contribution >= 0.6 is 0 Å². The number of benzene rings is 2. The maximum Gasteiger partial charge on any atom is 0.294 e. The molecule has 0 saturated carbocycles. The largest absolute Gasteiger partial charge is 0.321 e. The summed E-state index contributed by atoms with van der Waals surface area (Å²) < 4.78 is 0. The van der Waals surface area contributed by atoms with Gasteiger partial charge in [-0.05, 0) is 37.6 Å². The van der Waals surface area contributed by atoms with Crippen molar-refractivity contribution in [3.8, 4) is 5.69 Å². The molecule has 12 nitrogen and oxygen atoms in total. The highest BCUT2D eigenvalue weighted by Crippen LogP contribution is 2.27. The third kappa shape index (κ3) is 4.33. The van der Waals surface area contributed by atoms with E-state index in [2.05, 4.69) is 15.5 Å². The molecule has 0 bridgehead atoms. The molecule has 0 unspecified atom stereocenters. The van der Waals surface area contributed by atoms with Crippen LogP contribution in [0.3, 0.4) is 0 Å². The van der Waals surface area contributed by atoms with Gasteiger partial charge in [-0.15, -0.1) is 5.10 Å². The number of nitro benzene ring substituents is 1. The van der Waals surface area contributed by atoms with Crippen molar-refractivity contribution in [3.05, 3.63) is 75.6 Å². The third-order valence-corrected chi connectivity index (χ3v) is 5.22. The summed E-state index contributed by atoms with van der Waals surface area (Å²) in [4.78, 5) is 49.9. The SMILES string of the molecule is CC(=O)Nc1ccc(C(=O)N2CCCN2C(=O)c2nn(-c3ccccc3)nc2C)cc1[N+](=O)[O-]. The topological polar surface area (TPSA) is 144 Å². The van der Waals surface area contributed by atoms with Crippen LogP contribution in [0.25, 0.3) is 5.69 Å². The first-order valence-electron chi connectivity index (χ1n) is 10.5. The van der Waals surface area contributed by atoms with Crippen LogP contribution in [0, 0.1) is 17.0 Å². The molecular formula is C22H21N7O5. The molecule has 0 atom stereocenters. The van der Waals surface area contributed by atoms with Gasteiger partial charge in [-0.1, -0.05) is 18.2 Å². The zero-order valence-electron chi connectivity index (χ0n) is 18.5. The number of aryl methyl sites for hydroxylation is 1. The zero-order chi connectivity index (χ0) is 24.4. The molecule has 2 heterocycles. The van der Waals surface area contributed by atoms with Gasteiger partial charge in [0.15, 0.2) is 5.69 Å². The lowest BCUT2D eigenvalue weighted by Crippen LogP contribution is -2.45. The number of anilines is 1. The summed E-state index contributed by atoms with van der Waals surface area (Å²) in [6, 6.07) is 12.9. The Kier molecular flexibility index (Phi) is 6.04. The standard InChI is InChI=1S/C22H21N7O5/c1-14-20(25-28(24-14)17-7-4-3-5-8-17)22(32)27-12-6-11-26(27)21(31)16-9-10-18(23-15(2)30)19(13-16)29(33)34/h3-5,7-10,13H,6,11-12H2,1-2H3,(H,23,30). The molecule has 1 saturated heterocycles. The Labute approximate surface area is 193 Å². The second kappa shape index (κ2) is 9.10. The summed E-state index contributed by atoms with van der Waals surface area (Å²) in [5.74, 6) is -1.54. The van der Waals surface area contributed by atoms with Gasteiger partial charge in [-0.3, -0.25) is 24.5 Å². The van der Waals surface area contributed by atoms with Crippen LogP contribution in [0.1, 0.15) is 39.9 Å². The van der Waals surface area contributed by atoms with Crippen LogP contribution < -0.4 is 5.32 Å². The Morgan fingerprint density at radius 1 is 1.00 bits per heavy atom. The molecule has 1 aliphatic rings. The van der Waals surface area contributed by atoms with E-state index in [-0.39, 0.29) is 30.0 Å². The first-order valence-corrected chi connectivity index (χ1v) is 10.5. The van der Waals surface area contributed by atoms with Gasteiger partial charge < -0.3 is 5.32 Å². The van der Waals surface area contributed by atoms with E-state index in [1.807, 2.05) is 18.2 Å². The average molecular weight is 463 g/mol. The van der Waals surface area contributed by atoms with Crippen molar-refractivity contribution in [2.75, 3.05) is 18.4 Å². The van der Waals surface area contributed by atoms with Gasteiger partial charge >= 0.3 is 0 Å². The molecule has 3 aromatic rings. The van der Waals surface area contributed by atoms with Crippen molar-refractivity contribution in [2.45, 2.75) is 20.3 Å². The highest BCUT2D eigenvalue weighted by Gasteiger charge is 2.35. The van der Waals surface area contributed by atoms with Gasteiger partial charge in [0.25, 0.3) is 17.5 Å². The van der Waals surface area contributed by atoms with Gasteiger partial charge in [0.2, 0.25) is 5.91 Å². The van der Waals surface area contributed by atoms with Crippen LogP contribution in [-0.4, -0.2) is 60.7 Å². The fourth-order valence-electron chi connectivity index (χ4n) is 3.67. The number of hydrazine groups is 1. The molecule has 0 spiro atoms. The molecule has 12 heteroatoms. The second-order valence-electron chi connectivity index (χ2n) is 7.64. The molecule has 0 radical (unpaired) electrons. The second-order valence-corrected chi connectivity index (χ2v) is 7.64. The predicted octanol–water partition coefficient (Wildman–Crippen LogP) is 2.35. The maximum absolute atomic E-state index is 13.3. The molecule has 4 rings (SSSR count). The molecule has 1 aromatic heterocycles. The summed E-state index contributed by atoms with van der Waals surface area (Å²) in [7, 11) is 0. The monoisotopic (exact) mass is 463 g/mol. The number of rotatable bonds is 5. The van der Waals surface area contributed by atoms with E-state index in [1.165, 1.54) is 33.9 Å². The summed E-state index contributed by atoms with van der Waals surface area (Å²) >= 11 is 0. The fourth-order valence-corrected chi connectivity index (χ4v) is 3.67. The lowest BCUT2D eigenvalue weighted by molar-refractivity contribution is -0.384. The maximum atomic E-state index is 13.3. The van der Waals surface area contributed by atoms with Crippen molar-refractivity contribution < 1.29 is 19.3 Å². The van der Waals surface area contributed by atoms with E-state index >= 15 is 0 Å². The number of hydrogen-bond donors (Lipinski definition) is 1. The summed E-state index contributed by atoms with van der Waals surface area (Å²) in [5, 5.41) is 25.0. The minimum atomic E-state index is -0.680. The lowest BCUT2D eigenvalue weighted by Gasteiger charge is -2.27. The molecule has 0 aliphatic carbocycles. The smallest absolute Gasteiger partial charge is 0.294 e. The minimum Gasteiger partial charge on any atom is -0.321 e. The number of hydrogen-bond acceptors (Lipinski definition) is 7. The molecule has 1 aliphatic heterocycles. The summed E-state index contributed by atoms with van der Waals surface area (Å²) in [6.07, 6.45) is 0.537. The highest BCUT2D eigenvalue weighted by atomic mass is 16.6. The first-order chi connectivity index (χ1) is 16.3. The van der Waals surface area contributed by atoms with E-state index in [4.69, 9.17) is 0 Å². The van der Waals surface area contributed by atoms with E-state index in [1.54, 1.807) is 19.1 Å². The highest BCUT2D eigenvalue weighted by molar-refractivity contribution is 6.00. The Balaban J connectivity index is 1.60. The van der Waals surface area contributed by atoms with Gasteiger partial charge in [0, 0.05) is 31.6 Å². The van der Waals surface area contributed by atoms with Crippen molar-refractivity contribution in [3.63, 3.8) is 0 Å². The summed E-state index contributed by atoms with van der Waals surface area (Å²) in [5.41, 5.74) is 0.783. The van der Waals surface area contributed by atoms with E-state index in [0.717, 1.165) is 6.07 Å². The van der Waals surface area contributed by atoms with Gasteiger partial charge in [0.05, 0.1) is 16.3 Å². The van der Waals surface area contributed by atoms with Crippen LogP contribution in [0.5, 0.6) is 0 Å². The van der Waals surface area contributed by atoms with Crippen molar-refractivity contribution in [1.29, 1.82) is 0 Å². The fraction of sp³-hybridized carbons (Fsp3) is 0.227. The first kappa shape index (κ1) is 22.6. The Hall–Kier alpha value is -4.61. The molecule has 2 aromatic carbocycles. The van der Waals surface area contributed by atoms with Gasteiger partial charge in [-0.25, -0.2) is 10.0 Å². The van der Waals surface area contributed by atoms with Crippen LogP contribution in [0.2, 0.25) is 0 Å². The van der Waals surface area contributed by atoms with Gasteiger partial charge in [0.1, 0.15) is 5.69 Å². The number of amides is 3. The molecule has 3 amide bonds. The number of nitrogens with one attached hydrogen (secondary N) is 1. The molecule has 1 fully saturated rings. The number of nitrogens with zero attached hydrogens (tertiary/aromatic N) is 6. The lowest BCUT2D eigenvalue weighted by atomic mass is 10.1. The molecular weight excluding hydrogens is 442 g/mol. The number of para-hydroxylation sites is 1. The number of aromatic nitrogens is 3. The number of carbonyl (C=O) groups excluding carboxylic acids is 3. The third-order valence-electron chi connectivity index (χ3n) is 5.22. The molecule has 174 valence electrons. The number of nitro groups is 1. The van der Waals surface area contributed by atoms with Crippen LogP contribution in [0.4, 0.5) is 11.4 Å². The Morgan fingerprint density at radius 3 is 2.32 bits per heavy atom. The number of carbonyl (C=O) groups is 3. The Bertz CT molecular complexity index is 1290. The predicted molar refractivity (Wildman–Crippen MR) is 120 cm³/mol. The molecule has 34 heavy (non-hydrogen) atoms. The van der Waals surface area contributed by atoms with Crippen LogP contribution in [-0.2, 0) is 4.79 Å². The van der Waals surface area contributed by atoms with E-state index < -0.39 is 28.3 Å². The normalized spacial score (nSPS) is 13.1. The summed E-state index contributed by atoms with van der Waals surface area (Å²) in [6.45, 7) is 3.43. The minimum absolute atomic E-state index is 0.0171. The average Bonchev–Trinajstić information content (AvgIpc) is 3.45. The Morgan fingerprint density at radius 2 is 1.68 bits per heavy atom. The van der Waals surface area contributed by atoms with E-state index in [0.29, 0.717) is 17.8 Å². The van der Waals surface area contributed by atoms with E-state index in [9.17, 15) is 24.5 Å². The molecule has 1 N–H and O–H groups in total.